The molecular weight excluding hydrogens is 390 g/mol. The Kier molecular flexibility index (Phi) is 5.80. The first-order chi connectivity index (χ1) is 15.0. The van der Waals surface area contributed by atoms with E-state index in [1.807, 2.05) is 86.6 Å². The molecule has 4 aromatic rings. The number of nitrogens with zero attached hydrogens (tertiary/aromatic N) is 2. The van der Waals surface area contributed by atoms with E-state index in [-0.39, 0.29) is 13.0 Å². The largest absolute Gasteiger partial charge is 0.455 e. The summed E-state index contributed by atoms with van der Waals surface area (Å²) in [6, 6.07) is 23.5. The Labute approximate surface area is 180 Å². The third-order valence-corrected chi connectivity index (χ3v) is 5.08. The van der Waals surface area contributed by atoms with Crippen LogP contribution in [-0.4, -0.2) is 28.3 Å². The zero-order valence-corrected chi connectivity index (χ0v) is 17.5. The summed E-state index contributed by atoms with van der Waals surface area (Å²) in [5.74, 6) is -0.843. The summed E-state index contributed by atoms with van der Waals surface area (Å²) in [4.78, 5) is 24.6. The van der Waals surface area contributed by atoms with Crippen molar-refractivity contribution < 1.29 is 14.3 Å². The molecule has 0 saturated heterocycles. The number of para-hydroxylation sites is 1. The lowest BCUT2D eigenvalue weighted by molar-refractivity contribution is -0.146. The van der Waals surface area contributed by atoms with Crippen LogP contribution in [0.1, 0.15) is 17.0 Å². The van der Waals surface area contributed by atoms with Crippen molar-refractivity contribution in [3.63, 3.8) is 0 Å². The molecule has 0 spiro atoms. The summed E-state index contributed by atoms with van der Waals surface area (Å²) in [6.07, 6.45) is 0.113. The van der Waals surface area contributed by atoms with Crippen LogP contribution in [0.25, 0.3) is 16.5 Å². The normalized spacial score (nSPS) is 10.8. The number of rotatable bonds is 6. The van der Waals surface area contributed by atoms with Crippen LogP contribution >= 0.6 is 0 Å². The van der Waals surface area contributed by atoms with E-state index in [0.29, 0.717) is 11.4 Å². The van der Waals surface area contributed by atoms with Crippen molar-refractivity contribution in [3.8, 4) is 5.69 Å². The van der Waals surface area contributed by atoms with E-state index >= 15 is 0 Å². The molecule has 0 unspecified atom stereocenters. The maximum absolute atomic E-state index is 12.4. The summed E-state index contributed by atoms with van der Waals surface area (Å²) in [6.45, 7) is 3.37. The van der Waals surface area contributed by atoms with Crippen molar-refractivity contribution in [3.05, 3.63) is 89.7 Å². The number of nitrogens with one attached hydrogen (secondary N) is 1. The Morgan fingerprint density at radius 1 is 0.935 bits per heavy atom. The smallest absolute Gasteiger partial charge is 0.310 e. The van der Waals surface area contributed by atoms with Gasteiger partial charge in [0.25, 0.3) is 5.91 Å². The van der Waals surface area contributed by atoms with Gasteiger partial charge in [0.1, 0.15) is 0 Å². The number of esters is 1. The number of anilines is 1. The van der Waals surface area contributed by atoms with E-state index in [1.165, 1.54) is 0 Å². The molecule has 0 atom stereocenters. The maximum Gasteiger partial charge on any atom is 0.310 e. The molecule has 4 rings (SSSR count). The topological polar surface area (TPSA) is 73.2 Å². The van der Waals surface area contributed by atoms with E-state index < -0.39 is 11.9 Å². The van der Waals surface area contributed by atoms with E-state index in [1.54, 1.807) is 4.68 Å². The Balaban J connectivity index is 1.36. The van der Waals surface area contributed by atoms with Crippen LogP contribution in [-0.2, 0) is 20.7 Å². The number of benzene rings is 3. The highest BCUT2D eigenvalue weighted by Crippen LogP contribution is 2.22. The first kappa shape index (κ1) is 20.3. The Hall–Kier alpha value is -3.93. The van der Waals surface area contributed by atoms with Gasteiger partial charge < -0.3 is 10.1 Å². The van der Waals surface area contributed by atoms with E-state index in [4.69, 9.17) is 4.74 Å². The third-order valence-electron chi connectivity index (χ3n) is 5.08. The van der Waals surface area contributed by atoms with Gasteiger partial charge in [-0.15, -0.1) is 0 Å². The fourth-order valence-electron chi connectivity index (χ4n) is 3.53. The highest BCUT2D eigenvalue weighted by molar-refractivity contribution is 5.94. The van der Waals surface area contributed by atoms with Crippen LogP contribution < -0.4 is 5.32 Å². The molecule has 31 heavy (non-hydrogen) atoms. The number of amides is 1. The van der Waals surface area contributed by atoms with Gasteiger partial charge in [0.2, 0.25) is 0 Å². The monoisotopic (exact) mass is 413 g/mol. The number of hydrogen-bond acceptors (Lipinski definition) is 4. The number of hydrogen-bond donors (Lipinski definition) is 1. The highest BCUT2D eigenvalue weighted by atomic mass is 16.5. The standard InChI is InChI=1S/C25H23N3O3/c1-17-25(18(2)28(27-17)22-10-4-3-5-11-22)26-23(29)16-31-24(30)15-19-12-13-20-8-6-7-9-21(20)14-19/h3-14H,15-16H2,1-2H3,(H,26,29). The van der Waals surface area contributed by atoms with Gasteiger partial charge in [-0.2, -0.15) is 5.10 Å². The molecule has 1 N–H and O–H groups in total. The fraction of sp³-hybridized carbons (Fsp3) is 0.160. The summed E-state index contributed by atoms with van der Waals surface area (Å²) in [7, 11) is 0. The first-order valence-corrected chi connectivity index (χ1v) is 10.1. The second-order valence-corrected chi connectivity index (χ2v) is 7.36. The number of carbonyl (C=O) groups is 2. The van der Waals surface area contributed by atoms with Crippen LogP contribution in [0.15, 0.2) is 72.8 Å². The van der Waals surface area contributed by atoms with Crippen LogP contribution in [0.5, 0.6) is 0 Å². The van der Waals surface area contributed by atoms with Crippen molar-refractivity contribution in [1.82, 2.24) is 9.78 Å². The molecule has 1 amide bonds. The Morgan fingerprint density at radius 3 is 2.42 bits per heavy atom. The molecular formula is C25H23N3O3. The predicted molar refractivity (Wildman–Crippen MR) is 120 cm³/mol. The average molecular weight is 413 g/mol. The van der Waals surface area contributed by atoms with Crippen LogP contribution in [0.3, 0.4) is 0 Å². The zero-order chi connectivity index (χ0) is 21.8. The second-order valence-electron chi connectivity index (χ2n) is 7.36. The molecule has 0 bridgehead atoms. The van der Waals surface area contributed by atoms with E-state index in [9.17, 15) is 9.59 Å². The molecule has 1 heterocycles. The summed E-state index contributed by atoms with van der Waals surface area (Å²) in [5.41, 5.74) is 3.88. The van der Waals surface area contributed by atoms with Crippen LogP contribution in [0.2, 0.25) is 0 Å². The molecule has 156 valence electrons. The van der Waals surface area contributed by atoms with Gasteiger partial charge in [-0.25, -0.2) is 4.68 Å². The van der Waals surface area contributed by atoms with Crippen molar-refractivity contribution in [2.45, 2.75) is 20.3 Å². The molecule has 0 aliphatic carbocycles. The van der Waals surface area contributed by atoms with Gasteiger partial charge in [0.05, 0.1) is 29.2 Å². The molecule has 0 radical (unpaired) electrons. The lowest BCUT2D eigenvalue weighted by Crippen LogP contribution is -2.22. The number of ether oxygens (including phenoxy) is 1. The molecule has 0 aliphatic rings. The minimum Gasteiger partial charge on any atom is -0.455 e. The second kappa shape index (κ2) is 8.83. The zero-order valence-electron chi connectivity index (χ0n) is 17.5. The first-order valence-electron chi connectivity index (χ1n) is 10.1. The van der Waals surface area contributed by atoms with Crippen molar-refractivity contribution in [1.29, 1.82) is 0 Å². The van der Waals surface area contributed by atoms with Gasteiger partial charge in [0.15, 0.2) is 6.61 Å². The van der Waals surface area contributed by atoms with Gasteiger partial charge in [-0.05, 0) is 42.3 Å². The SMILES string of the molecule is Cc1nn(-c2ccccc2)c(C)c1NC(=O)COC(=O)Cc1ccc2ccccc2c1. The number of aryl methyl sites for hydroxylation is 1. The fourth-order valence-corrected chi connectivity index (χ4v) is 3.53. The van der Waals surface area contributed by atoms with Crippen LogP contribution in [0, 0.1) is 13.8 Å². The molecule has 6 heteroatoms. The molecule has 0 saturated carbocycles. The average Bonchev–Trinajstić information content (AvgIpc) is 3.06. The summed E-state index contributed by atoms with van der Waals surface area (Å²) < 4.78 is 6.96. The Morgan fingerprint density at radius 2 is 1.65 bits per heavy atom. The number of fused-ring (bicyclic) bond motifs is 1. The van der Waals surface area contributed by atoms with Crippen LogP contribution in [0.4, 0.5) is 5.69 Å². The summed E-state index contributed by atoms with van der Waals surface area (Å²) in [5, 5.41) is 9.49. The van der Waals surface area contributed by atoms with Gasteiger partial charge in [-0.3, -0.25) is 9.59 Å². The Bertz CT molecular complexity index is 1250. The van der Waals surface area contributed by atoms with Crippen molar-refractivity contribution >= 4 is 28.3 Å². The highest BCUT2D eigenvalue weighted by Gasteiger charge is 2.16. The lowest BCUT2D eigenvalue weighted by Gasteiger charge is -2.08. The molecule has 6 nitrogen and oxygen atoms in total. The number of aromatic nitrogens is 2. The van der Waals surface area contributed by atoms with Gasteiger partial charge in [-0.1, -0.05) is 60.7 Å². The third kappa shape index (κ3) is 4.64. The van der Waals surface area contributed by atoms with Crippen molar-refractivity contribution in [2.75, 3.05) is 11.9 Å². The molecule has 3 aromatic carbocycles. The molecule has 0 fully saturated rings. The van der Waals surface area contributed by atoms with E-state index in [0.717, 1.165) is 27.7 Å². The summed E-state index contributed by atoms with van der Waals surface area (Å²) >= 11 is 0. The molecule has 1 aromatic heterocycles. The minimum atomic E-state index is -0.446. The van der Waals surface area contributed by atoms with Gasteiger partial charge in [0, 0.05) is 0 Å². The minimum absolute atomic E-state index is 0.113. The predicted octanol–water partition coefficient (Wildman–Crippen LogP) is 4.37. The molecule has 0 aliphatic heterocycles. The maximum atomic E-state index is 12.4. The van der Waals surface area contributed by atoms with Gasteiger partial charge >= 0.3 is 5.97 Å². The number of carbonyl (C=O) groups excluding carboxylic acids is 2. The lowest BCUT2D eigenvalue weighted by atomic mass is 10.1. The quantitative estimate of drug-likeness (QED) is 0.477. The van der Waals surface area contributed by atoms with E-state index in [2.05, 4.69) is 10.4 Å². The van der Waals surface area contributed by atoms with Crippen molar-refractivity contribution in [2.24, 2.45) is 0 Å².